The number of hydrogen-bond donors (Lipinski definition) is 2. The molecule has 2 N–H and O–H groups in total. The molecule has 136 valence electrons. The predicted octanol–water partition coefficient (Wildman–Crippen LogP) is 2.53. The van der Waals surface area contributed by atoms with Gasteiger partial charge in [0, 0.05) is 12.5 Å². The summed E-state index contributed by atoms with van der Waals surface area (Å²) in [4.78, 5) is 23.5. The molecule has 2 rings (SSSR count). The van der Waals surface area contributed by atoms with Crippen LogP contribution in [0.25, 0.3) is 6.08 Å². The van der Waals surface area contributed by atoms with Crippen LogP contribution in [0.3, 0.4) is 0 Å². The van der Waals surface area contributed by atoms with Crippen LogP contribution in [0.5, 0.6) is 11.5 Å². The highest BCUT2D eigenvalue weighted by atomic mass is 16.5. The lowest BCUT2D eigenvalue weighted by molar-refractivity contribution is -0.141. The number of carboxylic acid groups (broad SMARTS) is 1. The van der Waals surface area contributed by atoms with Gasteiger partial charge in [-0.25, -0.2) is 4.79 Å². The third-order valence-electron chi connectivity index (χ3n) is 3.73. The highest BCUT2D eigenvalue weighted by Gasteiger charge is 2.19. The second-order valence-electron chi connectivity index (χ2n) is 5.54. The zero-order chi connectivity index (χ0) is 18.9. The summed E-state index contributed by atoms with van der Waals surface area (Å²) in [5.41, 5.74) is 1.57. The van der Waals surface area contributed by atoms with Crippen molar-refractivity contribution in [3.63, 3.8) is 0 Å². The van der Waals surface area contributed by atoms with Gasteiger partial charge >= 0.3 is 5.97 Å². The molecule has 26 heavy (non-hydrogen) atoms. The maximum Gasteiger partial charge on any atom is 0.326 e. The van der Waals surface area contributed by atoms with E-state index in [1.807, 2.05) is 30.3 Å². The molecule has 0 aliphatic rings. The van der Waals surface area contributed by atoms with Crippen molar-refractivity contribution in [3.05, 3.63) is 65.7 Å². The standard InChI is InChI=1S/C20H21NO5/c1-25-17-10-8-15(13-18(17)26-2)9-11-19(22)21-16(20(23)24)12-14-6-4-3-5-7-14/h3-11,13,16H,12H2,1-2H3,(H,21,22)(H,23,24)/b11-9+/t16-/m0/s1. The van der Waals surface area contributed by atoms with Gasteiger partial charge in [0.25, 0.3) is 0 Å². The van der Waals surface area contributed by atoms with Crippen molar-refractivity contribution < 1.29 is 24.2 Å². The van der Waals surface area contributed by atoms with Crippen molar-refractivity contribution in [2.75, 3.05) is 14.2 Å². The normalized spacial score (nSPS) is 11.8. The van der Waals surface area contributed by atoms with Gasteiger partial charge in [-0.15, -0.1) is 0 Å². The SMILES string of the molecule is COc1ccc(/C=C/C(=O)N[C@@H](Cc2ccccc2)C(=O)O)cc1OC. The molecule has 1 amide bonds. The number of carbonyl (C=O) groups excluding carboxylic acids is 1. The Bertz CT molecular complexity index is 786. The van der Waals surface area contributed by atoms with Crippen LogP contribution in [-0.4, -0.2) is 37.2 Å². The van der Waals surface area contributed by atoms with Crippen LogP contribution in [0.1, 0.15) is 11.1 Å². The van der Waals surface area contributed by atoms with Crippen molar-refractivity contribution in [1.29, 1.82) is 0 Å². The fourth-order valence-corrected chi connectivity index (χ4v) is 2.40. The minimum Gasteiger partial charge on any atom is -0.493 e. The van der Waals surface area contributed by atoms with E-state index in [2.05, 4.69) is 5.32 Å². The largest absolute Gasteiger partial charge is 0.493 e. The Morgan fingerprint density at radius 2 is 1.77 bits per heavy atom. The minimum atomic E-state index is -1.08. The molecular formula is C20H21NO5. The van der Waals surface area contributed by atoms with Crippen LogP contribution in [0, 0.1) is 0 Å². The molecule has 0 fully saturated rings. The van der Waals surface area contributed by atoms with Crippen LogP contribution in [0.2, 0.25) is 0 Å². The number of nitrogens with one attached hydrogen (secondary N) is 1. The maximum absolute atomic E-state index is 12.1. The first-order valence-electron chi connectivity index (χ1n) is 8.01. The lowest BCUT2D eigenvalue weighted by Gasteiger charge is -2.13. The van der Waals surface area contributed by atoms with E-state index in [-0.39, 0.29) is 6.42 Å². The topological polar surface area (TPSA) is 84.9 Å². The minimum absolute atomic E-state index is 0.214. The average Bonchev–Trinajstić information content (AvgIpc) is 2.66. The Labute approximate surface area is 152 Å². The highest BCUT2D eigenvalue weighted by Crippen LogP contribution is 2.27. The third kappa shape index (κ3) is 5.37. The molecule has 0 radical (unpaired) electrons. The zero-order valence-corrected chi connectivity index (χ0v) is 14.6. The number of hydrogen-bond acceptors (Lipinski definition) is 4. The molecule has 2 aromatic carbocycles. The summed E-state index contributed by atoms with van der Waals surface area (Å²) in [6.45, 7) is 0. The number of carbonyl (C=O) groups is 2. The molecule has 0 aliphatic heterocycles. The van der Waals surface area contributed by atoms with Crippen LogP contribution in [-0.2, 0) is 16.0 Å². The van der Waals surface area contributed by atoms with Crippen molar-refractivity contribution in [1.82, 2.24) is 5.32 Å². The van der Waals surface area contributed by atoms with Crippen molar-refractivity contribution >= 4 is 18.0 Å². The molecular weight excluding hydrogens is 334 g/mol. The van der Waals surface area contributed by atoms with Crippen LogP contribution in [0.4, 0.5) is 0 Å². The van der Waals surface area contributed by atoms with Crippen LogP contribution >= 0.6 is 0 Å². The molecule has 6 nitrogen and oxygen atoms in total. The molecule has 2 aromatic rings. The second-order valence-corrected chi connectivity index (χ2v) is 5.54. The maximum atomic E-state index is 12.1. The average molecular weight is 355 g/mol. The van der Waals surface area contributed by atoms with E-state index < -0.39 is 17.9 Å². The first kappa shape index (κ1) is 19.1. The number of amides is 1. The predicted molar refractivity (Wildman–Crippen MR) is 98.3 cm³/mol. The van der Waals surface area contributed by atoms with E-state index >= 15 is 0 Å². The third-order valence-corrected chi connectivity index (χ3v) is 3.73. The fraction of sp³-hybridized carbons (Fsp3) is 0.200. The number of rotatable bonds is 8. The van der Waals surface area contributed by atoms with Gasteiger partial charge in [-0.3, -0.25) is 4.79 Å². The summed E-state index contributed by atoms with van der Waals surface area (Å²) in [7, 11) is 3.07. The number of carboxylic acids is 1. The molecule has 0 spiro atoms. The highest BCUT2D eigenvalue weighted by molar-refractivity contribution is 5.94. The molecule has 1 atom stereocenters. The smallest absolute Gasteiger partial charge is 0.326 e. The van der Waals surface area contributed by atoms with Gasteiger partial charge in [0.05, 0.1) is 14.2 Å². The molecule has 0 aromatic heterocycles. The molecule has 6 heteroatoms. The Kier molecular flexibility index (Phi) is 6.79. The van der Waals surface area contributed by atoms with Gasteiger partial charge in [0.1, 0.15) is 6.04 Å². The van der Waals surface area contributed by atoms with Crippen molar-refractivity contribution in [2.24, 2.45) is 0 Å². The van der Waals surface area contributed by atoms with E-state index in [1.54, 1.807) is 31.4 Å². The summed E-state index contributed by atoms with van der Waals surface area (Å²) in [5, 5.41) is 11.8. The molecule has 0 unspecified atom stereocenters. The van der Waals surface area contributed by atoms with Gasteiger partial charge in [-0.1, -0.05) is 36.4 Å². The Balaban J connectivity index is 2.03. The van der Waals surface area contributed by atoms with E-state index in [9.17, 15) is 14.7 Å². The van der Waals surface area contributed by atoms with Gasteiger partial charge < -0.3 is 19.9 Å². The summed E-state index contributed by atoms with van der Waals surface area (Å²) < 4.78 is 10.4. The number of ether oxygens (including phenoxy) is 2. The lowest BCUT2D eigenvalue weighted by Crippen LogP contribution is -2.41. The Morgan fingerprint density at radius 3 is 2.38 bits per heavy atom. The fourth-order valence-electron chi connectivity index (χ4n) is 2.40. The van der Waals surface area contributed by atoms with Crippen molar-refractivity contribution in [3.8, 4) is 11.5 Å². The number of methoxy groups -OCH3 is 2. The van der Waals surface area contributed by atoms with E-state index in [1.165, 1.54) is 13.2 Å². The summed E-state index contributed by atoms with van der Waals surface area (Å²) >= 11 is 0. The Hall–Kier alpha value is -3.28. The summed E-state index contributed by atoms with van der Waals surface area (Å²) in [6.07, 6.45) is 3.09. The Morgan fingerprint density at radius 1 is 1.08 bits per heavy atom. The molecule has 0 aliphatic carbocycles. The molecule has 0 saturated heterocycles. The second kappa shape index (κ2) is 9.27. The number of aliphatic carboxylic acids is 1. The van der Waals surface area contributed by atoms with Crippen LogP contribution < -0.4 is 14.8 Å². The molecule has 0 bridgehead atoms. The van der Waals surface area contributed by atoms with Crippen LogP contribution in [0.15, 0.2) is 54.6 Å². The molecule has 0 saturated carbocycles. The van der Waals surface area contributed by atoms with Crippen molar-refractivity contribution in [2.45, 2.75) is 12.5 Å². The van der Waals surface area contributed by atoms with E-state index in [0.717, 1.165) is 11.1 Å². The lowest BCUT2D eigenvalue weighted by atomic mass is 10.1. The number of benzene rings is 2. The molecule has 0 heterocycles. The monoisotopic (exact) mass is 355 g/mol. The summed E-state index contributed by atoms with van der Waals surface area (Å²) in [5.74, 6) is -0.435. The zero-order valence-electron chi connectivity index (χ0n) is 14.6. The summed E-state index contributed by atoms with van der Waals surface area (Å²) in [6, 6.07) is 13.4. The first-order chi connectivity index (χ1) is 12.5. The van der Waals surface area contributed by atoms with Gasteiger partial charge in [-0.05, 0) is 29.3 Å². The van der Waals surface area contributed by atoms with E-state index in [0.29, 0.717) is 11.5 Å². The quantitative estimate of drug-likeness (QED) is 0.711. The van der Waals surface area contributed by atoms with Gasteiger partial charge in [0.15, 0.2) is 11.5 Å². The van der Waals surface area contributed by atoms with Gasteiger partial charge in [0.2, 0.25) is 5.91 Å². The van der Waals surface area contributed by atoms with E-state index in [4.69, 9.17) is 9.47 Å². The van der Waals surface area contributed by atoms with Gasteiger partial charge in [-0.2, -0.15) is 0 Å². The first-order valence-corrected chi connectivity index (χ1v) is 8.01.